The van der Waals surface area contributed by atoms with Crippen LogP contribution in [0.3, 0.4) is 0 Å². The number of hydrogen-bond donors (Lipinski definition) is 0. The lowest BCUT2D eigenvalue weighted by Gasteiger charge is -2.04. The van der Waals surface area contributed by atoms with E-state index in [2.05, 4.69) is 4.98 Å². The zero-order valence-electron chi connectivity index (χ0n) is 10.2. The minimum atomic E-state index is -0.196. The van der Waals surface area contributed by atoms with Crippen molar-refractivity contribution in [1.29, 1.82) is 0 Å². The van der Waals surface area contributed by atoms with Crippen LogP contribution in [0, 0.1) is 0 Å². The molecule has 3 rings (SSSR count). The molecule has 0 fully saturated rings. The maximum Gasteiger partial charge on any atom is 0.262 e. The highest BCUT2D eigenvalue weighted by Gasteiger charge is 2.10. The number of rotatable bonds is 3. The lowest BCUT2D eigenvalue weighted by molar-refractivity contribution is 0.0970. The molecule has 0 amide bonds. The zero-order valence-corrected chi connectivity index (χ0v) is 11.8. The molecule has 0 aliphatic rings. The van der Waals surface area contributed by atoms with Crippen molar-refractivity contribution >= 4 is 38.9 Å². The minimum absolute atomic E-state index is 0.0285. The van der Waals surface area contributed by atoms with Crippen molar-refractivity contribution in [2.75, 3.05) is 0 Å². The van der Waals surface area contributed by atoms with Crippen LogP contribution in [0.1, 0.15) is 10.4 Å². The van der Waals surface area contributed by atoms with E-state index in [1.54, 1.807) is 30.3 Å². The van der Waals surface area contributed by atoms with Gasteiger partial charge in [-0.15, -0.1) is 11.3 Å². The number of Topliss-reactive ketones (excluding diaryl/α,β-unsaturated/α-hetero) is 1. The number of hydrogen-bond acceptors (Lipinski definition) is 4. The van der Waals surface area contributed by atoms with Gasteiger partial charge in [-0.1, -0.05) is 11.6 Å². The van der Waals surface area contributed by atoms with E-state index in [0.29, 0.717) is 20.8 Å². The monoisotopic (exact) mass is 304 g/mol. The Kier molecular flexibility index (Phi) is 3.38. The first-order valence-electron chi connectivity index (χ1n) is 5.86. The van der Waals surface area contributed by atoms with Gasteiger partial charge in [0.25, 0.3) is 5.56 Å². The Morgan fingerprint density at radius 1 is 1.25 bits per heavy atom. The van der Waals surface area contributed by atoms with E-state index < -0.39 is 0 Å². The topological polar surface area (TPSA) is 52.0 Å². The molecule has 2 heterocycles. The lowest BCUT2D eigenvalue weighted by atomic mass is 10.1. The molecular weight excluding hydrogens is 296 g/mol. The van der Waals surface area contributed by atoms with Gasteiger partial charge in [-0.3, -0.25) is 14.2 Å². The highest BCUT2D eigenvalue weighted by atomic mass is 35.5. The third kappa shape index (κ3) is 2.37. The molecule has 100 valence electrons. The van der Waals surface area contributed by atoms with Gasteiger partial charge in [0.1, 0.15) is 4.83 Å². The molecule has 0 aliphatic heterocycles. The average Bonchev–Trinajstić information content (AvgIpc) is 2.92. The number of thiophene rings is 1. The van der Waals surface area contributed by atoms with Crippen LogP contribution in [-0.2, 0) is 6.54 Å². The van der Waals surface area contributed by atoms with Gasteiger partial charge in [0.2, 0.25) is 0 Å². The summed E-state index contributed by atoms with van der Waals surface area (Å²) in [5, 5.41) is 2.92. The standard InChI is InChI=1S/C14H9ClN2O2S/c15-10-3-1-9(2-4-10)12(18)7-17-8-16-13-11(14(17)19)5-6-20-13/h1-6,8H,7H2. The predicted molar refractivity (Wildman–Crippen MR) is 79.7 cm³/mol. The smallest absolute Gasteiger partial charge is 0.262 e. The first kappa shape index (κ1) is 13.0. The van der Waals surface area contributed by atoms with Crippen LogP contribution in [0.4, 0.5) is 0 Å². The van der Waals surface area contributed by atoms with Crippen LogP contribution in [0.2, 0.25) is 5.02 Å². The molecule has 0 aliphatic carbocycles. The summed E-state index contributed by atoms with van der Waals surface area (Å²) in [5.74, 6) is -0.153. The Morgan fingerprint density at radius 3 is 2.75 bits per heavy atom. The van der Waals surface area contributed by atoms with Crippen molar-refractivity contribution in [3.05, 3.63) is 63.0 Å². The number of ketones is 1. The predicted octanol–water partition coefficient (Wildman–Crippen LogP) is 2.99. The van der Waals surface area contributed by atoms with Crippen LogP contribution >= 0.6 is 22.9 Å². The summed E-state index contributed by atoms with van der Waals surface area (Å²) in [6.45, 7) is -0.0285. The molecule has 0 spiro atoms. The highest BCUT2D eigenvalue weighted by molar-refractivity contribution is 7.16. The number of carbonyl (C=O) groups is 1. The second kappa shape index (κ2) is 5.19. The summed E-state index contributed by atoms with van der Waals surface area (Å²) in [6.07, 6.45) is 1.41. The molecule has 0 N–H and O–H groups in total. The van der Waals surface area contributed by atoms with Crippen molar-refractivity contribution in [3.8, 4) is 0 Å². The molecular formula is C14H9ClN2O2S. The van der Waals surface area contributed by atoms with Crippen molar-refractivity contribution in [1.82, 2.24) is 9.55 Å². The van der Waals surface area contributed by atoms with Gasteiger partial charge in [-0.25, -0.2) is 4.98 Å². The molecule has 0 radical (unpaired) electrons. The van der Waals surface area contributed by atoms with Gasteiger partial charge in [0, 0.05) is 10.6 Å². The van der Waals surface area contributed by atoms with Crippen LogP contribution in [0.15, 0.2) is 46.8 Å². The fraction of sp³-hybridized carbons (Fsp3) is 0.0714. The normalized spacial score (nSPS) is 10.8. The van der Waals surface area contributed by atoms with Gasteiger partial charge >= 0.3 is 0 Å². The number of aromatic nitrogens is 2. The molecule has 20 heavy (non-hydrogen) atoms. The Labute approximate surface area is 123 Å². The van der Waals surface area contributed by atoms with Gasteiger partial charge < -0.3 is 0 Å². The summed E-state index contributed by atoms with van der Waals surface area (Å²) < 4.78 is 1.33. The zero-order chi connectivity index (χ0) is 14.1. The molecule has 0 bridgehead atoms. The van der Waals surface area contributed by atoms with Gasteiger partial charge in [0.15, 0.2) is 5.78 Å². The van der Waals surface area contributed by atoms with Crippen LogP contribution < -0.4 is 5.56 Å². The SMILES string of the molecule is O=C(Cn1cnc2sccc2c1=O)c1ccc(Cl)cc1. The van der Waals surface area contributed by atoms with Crippen molar-refractivity contribution in [2.24, 2.45) is 0 Å². The van der Waals surface area contributed by atoms with E-state index in [0.717, 1.165) is 0 Å². The quantitative estimate of drug-likeness (QED) is 0.699. The molecule has 0 unspecified atom stereocenters. The molecule has 0 saturated heterocycles. The lowest BCUT2D eigenvalue weighted by Crippen LogP contribution is -2.24. The fourth-order valence-corrected chi connectivity index (χ4v) is 2.74. The van der Waals surface area contributed by atoms with Crippen LogP contribution in [0.25, 0.3) is 10.2 Å². The highest BCUT2D eigenvalue weighted by Crippen LogP contribution is 2.14. The van der Waals surface area contributed by atoms with Crippen molar-refractivity contribution in [2.45, 2.75) is 6.54 Å². The average molecular weight is 305 g/mol. The van der Waals surface area contributed by atoms with Gasteiger partial charge in [-0.05, 0) is 35.7 Å². The number of nitrogens with zero attached hydrogens (tertiary/aromatic N) is 2. The number of benzene rings is 1. The van der Waals surface area contributed by atoms with Crippen LogP contribution in [0.5, 0.6) is 0 Å². The first-order valence-corrected chi connectivity index (χ1v) is 7.12. The molecule has 0 saturated carbocycles. The summed E-state index contributed by atoms with van der Waals surface area (Å²) in [4.78, 5) is 29.1. The summed E-state index contributed by atoms with van der Waals surface area (Å²) in [5.41, 5.74) is 0.324. The maximum atomic E-state index is 12.2. The minimum Gasteiger partial charge on any atom is -0.292 e. The van der Waals surface area contributed by atoms with Gasteiger partial charge in [-0.2, -0.15) is 0 Å². The second-order valence-corrected chi connectivity index (χ2v) is 5.58. The first-order chi connectivity index (χ1) is 9.65. The number of fused-ring (bicyclic) bond motifs is 1. The third-order valence-corrected chi connectivity index (χ3v) is 4.00. The second-order valence-electron chi connectivity index (χ2n) is 4.25. The Hall–Kier alpha value is -1.98. The number of carbonyl (C=O) groups excluding carboxylic acids is 1. The summed E-state index contributed by atoms with van der Waals surface area (Å²) in [6, 6.07) is 8.31. The molecule has 4 nitrogen and oxygen atoms in total. The Balaban J connectivity index is 1.93. The molecule has 1 aromatic carbocycles. The largest absolute Gasteiger partial charge is 0.292 e. The Morgan fingerprint density at radius 2 is 2.00 bits per heavy atom. The van der Waals surface area contributed by atoms with Crippen LogP contribution in [-0.4, -0.2) is 15.3 Å². The molecule has 2 aromatic heterocycles. The van der Waals surface area contributed by atoms with E-state index in [1.165, 1.54) is 22.2 Å². The molecule has 6 heteroatoms. The summed E-state index contributed by atoms with van der Waals surface area (Å²) >= 11 is 7.18. The fourth-order valence-electron chi connectivity index (χ4n) is 1.89. The third-order valence-electron chi connectivity index (χ3n) is 2.93. The van der Waals surface area contributed by atoms with Crippen molar-refractivity contribution < 1.29 is 4.79 Å². The molecule has 3 aromatic rings. The van der Waals surface area contributed by atoms with Gasteiger partial charge in [0.05, 0.1) is 18.3 Å². The van der Waals surface area contributed by atoms with E-state index in [1.807, 2.05) is 5.38 Å². The van der Waals surface area contributed by atoms with E-state index in [4.69, 9.17) is 11.6 Å². The number of halogens is 1. The maximum absolute atomic E-state index is 12.2. The summed E-state index contributed by atoms with van der Waals surface area (Å²) in [7, 11) is 0. The van der Waals surface area contributed by atoms with E-state index in [9.17, 15) is 9.59 Å². The van der Waals surface area contributed by atoms with Crippen molar-refractivity contribution in [3.63, 3.8) is 0 Å². The van der Waals surface area contributed by atoms with E-state index >= 15 is 0 Å². The van der Waals surface area contributed by atoms with E-state index in [-0.39, 0.29) is 17.9 Å². The Bertz CT molecular complexity index is 836. The molecule has 0 atom stereocenters.